The van der Waals surface area contributed by atoms with Crippen molar-refractivity contribution in [1.29, 1.82) is 0 Å². The van der Waals surface area contributed by atoms with Gasteiger partial charge in [-0.2, -0.15) is 0 Å². The third-order valence-electron chi connectivity index (χ3n) is 16.7. The number of fused-ring (bicyclic) bond motifs is 7. The zero-order chi connectivity index (χ0) is 39.1. The molecular weight excluding hydrogens is 676 g/mol. The van der Waals surface area contributed by atoms with E-state index in [4.69, 9.17) is 9.47 Å². The van der Waals surface area contributed by atoms with E-state index < -0.39 is 54.3 Å². The number of rotatable bonds is 7. The fourth-order valence-electron chi connectivity index (χ4n) is 13.3. The molecule has 0 radical (unpaired) electrons. The van der Waals surface area contributed by atoms with E-state index in [-0.39, 0.29) is 51.3 Å². The summed E-state index contributed by atoms with van der Waals surface area (Å²) in [6, 6.07) is -2.05. The van der Waals surface area contributed by atoms with Crippen molar-refractivity contribution in [2.45, 2.75) is 150 Å². The molecule has 53 heavy (non-hydrogen) atoms. The van der Waals surface area contributed by atoms with Gasteiger partial charge in [-0.25, -0.2) is 4.79 Å². The van der Waals surface area contributed by atoms with Gasteiger partial charge in [0.05, 0.1) is 37.3 Å². The molecule has 0 bridgehead atoms. The van der Waals surface area contributed by atoms with Crippen LogP contribution in [0.4, 0.5) is 0 Å². The first-order valence-electron chi connectivity index (χ1n) is 20.1. The van der Waals surface area contributed by atoms with Crippen LogP contribution in [-0.2, 0) is 23.9 Å². The number of amides is 2. The Labute approximate surface area is 315 Å². The molecule has 5 aliphatic carbocycles. The average molecular weight is 743 g/mol. The molecular formula is C42H66N2O9. The number of hydrogen-bond acceptors (Lipinski definition) is 9. The molecule has 6 aliphatic rings. The van der Waals surface area contributed by atoms with Gasteiger partial charge < -0.3 is 40.5 Å². The Balaban J connectivity index is 1.39. The number of carbonyl (C=O) groups is 3. The van der Waals surface area contributed by atoms with Gasteiger partial charge in [0.2, 0.25) is 17.6 Å². The van der Waals surface area contributed by atoms with Gasteiger partial charge in [-0.15, -0.1) is 0 Å². The molecule has 1 aliphatic heterocycles. The van der Waals surface area contributed by atoms with Crippen molar-refractivity contribution in [2.24, 2.45) is 56.7 Å². The first-order valence-corrected chi connectivity index (χ1v) is 20.1. The van der Waals surface area contributed by atoms with Crippen molar-refractivity contribution in [3.8, 4) is 0 Å². The van der Waals surface area contributed by atoms with Crippen LogP contribution in [0, 0.1) is 56.7 Å². The Morgan fingerprint density at radius 3 is 2.30 bits per heavy atom. The lowest BCUT2D eigenvalue weighted by molar-refractivity contribution is -0.204. The Morgan fingerprint density at radius 2 is 1.66 bits per heavy atom. The lowest BCUT2D eigenvalue weighted by atomic mass is 9.33. The number of allylic oxidation sites excluding steroid dienone is 2. The van der Waals surface area contributed by atoms with Gasteiger partial charge in [0, 0.05) is 6.92 Å². The maximum absolute atomic E-state index is 15.2. The zero-order valence-electron chi connectivity index (χ0n) is 33.4. The minimum absolute atomic E-state index is 0.0152. The molecule has 4 saturated carbocycles. The normalized spacial score (nSPS) is 45.6. The third kappa shape index (κ3) is 6.00. The van der Waals surface area contributed by atoms with E-state index in [2.05, 4.69) is 65.2 Å². The van der Waals surface area contributed by atoms with E-state index in [0.717, 1.165) is 44.9 Å². The molecule has 6 N–H and O–H groups in total. The van der Waals surface area contributed by atoms with E-state index >= 15 is 4.79 Å². The minimum Gasteiger partial charge on any atom is -0.478 e. The fourth-order valence-corrected chi connectivity index (χ4v) is 13.3. The Morgan fingerprint density at radius 1 is 0.962 bits per heavy atom. The third-order valence-corrected chi connectivity index (χ3v) is 16.7. The van der Waals surface area contributed by atoms with Crippen molar-refractivity contribution >= 4 is 17.8 Å². The molecule has 0 unspecified atom stereocenters. The average Bonchev–Trinajstić information content (AvgIpc) is 3.11. The zero-order valence-corrected chi connectivity index (χ0v) is 33.4. The van der Waals surface area contributed by atoms with Gasteiger partial charge in [0.1, 0.15) is 18.3 Å². The number of carbonyl (C=O) groups excluding carboxylic acids is 3. The van der Waals surface area contributed by atoms with Gasteiger partial charge in [-0.1, -0.05) is 60.1 Å². The second-order valence-corrected chi connectivity index (χ2v) is 19.3. The smallest absolute Gasteiger partial charge is 0.373 e. The summed E-state index contributed by atoms with van der Waals surface area (Å²) in [6.07, 6.45) is 7.07. The van der Waals surface area contributed by atoms with E-state index in [1.54, 1.807) is 0 Å². The molecule has 11 heteroatoms. The number of methoxy groups -OCH3 is 1. The molecule has 0 aromatic heterocycles. The van der Waals surface area contributed by atoms with Gasteiger partial charge in [-0.05, 0) is 115 Å². The van der Waals surface area contributed by atoms with Gasteiger partial charge in [0.15, 0.2) is 0 Å². The van der Waals surface area contributed by atoms with Crippen molar-refractivity contribution in [2.75, 3.05) is 13.7 Å². The maximum Gasteiger partial charge on any atom is 0.373 e. The van der Waals surface area contributed by atoms with Gasteiger partial charge in [0.25, 0.3) is 0 Å². The highest BCUT2D eigenvalue weighted by molar-refractivity contribution is 5.88. The summed E-state index contributed by atoms with van der Waals surface area (Å²) in [5, 5.41) is 48.3. The highest BCUT2D eigenvalue weighted by atomic mass is 16.6. The van der Waals surface area contributed by atoms with Crippen LogP contribution in [0.1, 0.15) is 113 Å². The summed E-state index contributed by atoms with van der Waals surface area (Å²) in [6.45, 7) is 17.2. The van der Waals surface area contributed by atoms with Crippen LogP contribution in [0.5, 0.6) is 0 Å². The molecule has 11 nitrogen and oxygen atoms in total. The molecule has 4 fully saturated rings. The molecule has 0 saturated heterocycles. The van der Waals surface area contributed by atoms with E-state index in [0.29, 0.717) is 30.6 Å². The summed E-state index contributed by atoms with van der Waals surface area (Å²) >= 11 is 0. The molecule has 6 rings (SSSR count). The second kappa shape index (κ2) is 13.9. The summed E-state index contributed by atoms with van der Waals surface area (Å²) in [7, 11) is 1.19. The first-order chi connectivity index (χ1) is 24.7. The molecule has 15 atom stereocenters. The molecule has 2 amide bonds. The predicted octanol–water partition coefficient (Wildman–Crippen LogP) is 4.16. The summed E-state index contributed by atoms with van der Waals surface area (Å²) < 4.78 is 10.8. The van der Waals surface area contributed by atoms with Crippen LogP contribution in [0.15, 0.2) is 23.5 Å². The Hall–Kier alpha value is -2.47. The number of ether oxygens (including phenoxy) is 2. The van der Waals surface area contributed by atoms with Crippen LogP contribution in [0.25, 0.3) is 0 Å². The minimum atomic E-state index is -1.70. The summed E-state index contributed by atoms with van der Waals surface area (Å²) in [4.78, 5) is 40.5. The van der Waals surface area contributed by atoms with Crippen LogP contribution in [0.2, 0.25) is 0 Å². The van der Waals surface area contributed by atoms with Crippen LogP contribution >= 0.6 is 0 Å². The largest absolute Gasteiger partial charge is 0.478 e. The number of esters is 1. The van der Waals surface area contributed by atoms with Crippen molar-refractivity contribution in [1.82, 2.24) is 10.6 Å². The molecule has 0 aromatic rings. The lowest BCUT2D eigenvalue weighted by Gasteiger charge is -2.71. The molecule has 298 valence electrons. The monoisotopic (exact) mass is 742 g/mol. The van der Waals surface area contributed by atoms with E-state index in [1.807, 2.05) is 0 Å². The van der Waals surface area contributed by atoms with Crippen molar-refractivity contribution in [3.05, 3.63) is 23.5 Å². The number of nitrogens with one attached hydrogen (secondary N) is 2. The van der Waals surface area contributed by atoms with Gasteiger partial charge in [-0.3, -0.25) is 9.59 Å². The quantitative estimate of drug-likeness (QED) is 0.165. The summed E-state index contributed by atoms with van der Waals surface area (Å²) in [5.41, 5.74) is 0.540. The Kier molecular flexibility index (Phi) is 10.6. The predicted molar refractivity (Wildman–Crippen MR) is 199 cm³/mol. The second-order valence-electron chi connectivity index (χ2n) is 19.3. The number of aliphatic hydroxyl groups is 4. The summed E-state index contributed by atoms with van der Waals surface area (Å²) in [5.74, 6) is -0.183. The number of aliphatic hydroxyl groups excluding tert-OH is 4. The molecule has 1 heterocycles. The van der Waals surface area contributed by atoms with Crippen LogP contribution in [-0.4, -0.2) is 88.4 Å². The lowest BCUT2D eigenvalue weighted by Crippen LogP contribution is -2.67. The first kappa shape index (κ1) is 40.2. The van der Waals surface area contributed by atoms with Gasteiger partial charge >= 0.3 is 5.97 Å². The topological polar surface area (TPSA) is 175 Å². The molecule has 0 aromatic carbocycles. The number of hydrogen-bond donors (Lipinski definition) is 6. The van der Waals surface area contributed by atoms with E-state index in [1.165, 1.54) is 25.7 Å². The van der Waals surface area contributed by atoms with Crippen molar-refractivity contribution < 1.29 is 44.3 Å². The molecule has 0 spiro atoms. The highest BCUT2D eigenvalue weighted by Gasteiger charge is 2.69. The SMILES string of the molecule is COC(=O)C1=C[C@H](NC(=O)[C@]23CC[C@@H](C)[C@H](C)[C@H]2C2=CC[C@@H]4[C@@]5(C)CC[C@H](O)C(C)(C)[C@@H]5CC[C@@]4(C)[C@]2(C)CC3)[C@@H](NC(C)=O)[C@H]([C@H](O)[C@H](O)CO)O1. The maximum atomic E-state index is 15.2. The van der Waals surface area contributed by atoms with Crippen molar-refractivity contribution in [3.63, 3.8) is 0 Å². The Bertz CT molecular complexity index is 1530. The van der Waals surface area contributed by atoms with Crippen LogP contribution in [0.3, 0.4) is 0 Å². The van der Waals surface area contributed by atoms with E-state index in [9.17, 15) is 30.0 Å². The standard InChI is InChI=1S/C42H66N2O9/c1-22-12-17-42(37(51)44-26-20-28(36(50)52-9)53-35(33(26)43-24(3)46)34(49)27(47)21-45)19-18-40(7)25(32(42)23(22)2)10-11-30-39(6)15-14-31(48)38(4,5)29(39)13-16-41(30,40)8/h10,20,22-23,26-27,29-35,45,47-49H,11-19,21H2,1-9H3,(H,43,46)(H,44,51)/t22-,23+,26+,27-,29+,30-,31+,32+,33-,34-,35-,39+,40-,41-,42+/m1/s1. The fraction of sp³-hybridized carbons (Fsp3) is 0.833. The van der Waals surface area contributed by atoms with Crippen LogP contribution < -0.4 is 10.6 Å². The highest BCUT2D eigenvalue weighted by Crippen LogP contribution is 2.75.